The van der Waals surface area contributed by atoms with Crippen LogP contribution in [0.15, 0.2) is 22.7 Å². The summed E-state index contributed by atoms with van der Waals surface area (Å²) in [5.41, 5.74) is 0.176. The van der Waals surface area contributed by atoms with Gasteiger partial charge in [-0.05, 0) is 37.6 Å². The topological polar surface area (TPSA) is 29.5 Å². The molecule has 19 heavy (non-hydrogen) atoms. The van der Waals surface area contributed by atoms with Crippen molar-refractivity contribution in [2.24, 2.45) is 0 Å². The molecule has 0 bridgehead atoms. The predicted octanol–water partition coefficient (Wildman–Crippen LogP) is 3.02. The first-order valence-electron chi connectivity index (χ1n) is 6.95. The number of Topliss-reactive ketones (excluding diaryl/α,β-unsaturated/α-hetero) is 1. The van der Waals surface area contributed by atoms with Gasteiger partial charge in [-0.1, -0.05) is 15.9 Å². The third-order valence-corrected chi connectivity index (χ3v) is 5.27. The zero-order valence-electron chi connectivity index (χ0n) is 10.7. The van der Waals surface area contributed by atoms with Gasteiger partial charge in [-0.2, -0.15) is 0 Å². The van der Waals surface area contributed by atoms with E-state index < -0.39 is 5.60 Å². The van der Waals surface area contributed by atoms with Gasteiger partial charge in [0.25, 0.3) is 0 Å². The maximum absolute atomic E-state index is 12.7. The molecule has 3 heterocycles. The number of halogens is 1. The molecule has 0 amide bonds. The van der Waals surface area contributed by atoms with Crippen molar-refractivity contribution in [3.63, 3.8) is 0 Å². The van der Waals surface area contributed by atoms with Crippen LogP contribution in [-0.2, 0) is 0 Å². The molecule has 2 unspecified atom stereocenters. The van der Waals surface area contributed by atoms with E-state index in [0.29, 0.717) is 6.04 Å². The highest BCUT2D eigenvalue weighted by Crippen LogP contribution is 2.44. The Balaban J connectivity index is 1.69. The minimum absolute atomic E-state index is 0.190. The van der Waals surface area contributed by atoms with Crippen molar-refractivity contribution in [3.05, 3.63) is 28.2 Å². The average Bonchev–Trinajstić information content (AvgIpc) is 2.95. The summed E-state index contributed by atoms with van der Waals surface area (Å²) in [7, 11) is 0. The number of hydrogen-bond acceptors (Lipinski definition) is 3. The lowest BCUT2D eigenvalue weighted by Gasteiger charge is -2.40. The Kier molecular flexibility index (Phi) is 2.55. The van der Waals surface area contributed by atoms with Gasteiger partial charge in [-0.25, -0.2) is 0 Å². The number of carbonyl (C=O) groups excluding carboxylic acids is 1. The van der Waals surface area contributed by atoms with Crippen LogP contribution in [0, 0.1) is 0 Å². The number of fused-ring (bicyclic) bond motifs is 2. The first kappa shape index (κ1) is 11.9. The van der Waals surface area contributed by atoms with E-state index in [9.17, 15) is 4.79 Å². The van der Waals surface area contributed by atoms with Gasteiger partial charge in [0.15, 0.2) is 5.60 Å². The van der Waals surface area contributed by atoms with Gasteiger partial charge in [0.2, 0.25) is 5.78 Å². The van der Waals surface area contributed by atoms with Crippen LogP contribution < -0.4 is 4.74 Å². The summed E-state index contributed by atoms with van der Waals surface area (Å²) in [6.45, 7) is 2.18. The van der Waals surface area contributed by atoms with Crippen LogP contribution in [0.3, 0.4) is 0 Å². The fourth-order valence-electron chi connectivity index (χ4n) is 3.80. The molecule has 0 radical (unpaired) electrons. The van der Waals surface area contributed by atoms with Crippen molar-refractivity contribution in [1.29, 1.82) is 0 Å². The highest BCUT2D eigenvalue weighted by Gasteiger charge is 2.52. The van der Waals surface area contributed by atoms with Gasteiger partial charge < -0.3 is 9.64 Å². The lowest BCUT2D eigenvalue weighted by atomic mass is 9.82. The molecule has 2 saturated heterocycles. The molecule has 0 saturated carbocycles. The number of hydrogen-bond donors (Lipinski definition) is 0. The normalized spacial score (nSPS) is 33.3. The van der Waals surface area contributed by atoms with Crippen molar-refractivity contribution in [2.45, 2.75) is 37.3 Å². The lowest BCUT2D eigenvalue weighted by Crippen LogP contribution is -2.53. The Bertz CT molecular complexity index is 559. The highest BCUT2D eigenvalue weighted by molar-refractivity contribution is 9.10. The molecule has 0 aromatic heterocycles. The Hall–Kier alpha value is -0.870. The molecule has 1 aromatic rings. The molecule has 4 heteroatoms. The van der Waals surface area contributed by atoms with Gasteiger partial charge in [0.05, 0.1) is 5.56 Å². The van der Waals surface area contributed by atoms with Crippen molar-refractivity contribution >= 4 is 21.7 Å². The summed E-state index contributed by atoms with van der Waals surface area (Å²) < 4.78 is 7.06. The van der Waals surface area contributed by atoms with Crippen molar-refractivity contribution in [1.82, 2.24) is 4.90 Å². The molecule has 1 spiro atoms. The van der Waals surface area contributed by atoms with Crippen LogP contribution in [0.1, 0.15) is 36.0 Å². The van der Waals surface area contributed by atoms with E-state index in [-0.39, 0.29) is 5.78 Å². The summed E-state index contributed by atoms with van der Waals surface area (Å²) >= 11 is 3.43. The van der Waals surface area contributed by atoms with E-state index in [1.165, 1.54) is 19.4 Å². The van der Waals surface area contributed by atoms with E-state index >= 15 is 0 Å². The Morgan fingerprint density at radius 2 is 2.26 bits per heavy atom. The largest absolute Gasteiger partial charge is 0.478 e. The maximum atomic E-state index is 12.7. The Morgan fingerprint density at radius 1 is 1.37 bits per heavy atom. The van der Waals surface area contributed by atoms with E-state index in [1.54, 1.807) is 0 Å². The van der Waals surface area contributed by atoms with Crippen molar-refractivity contribution < 1.29 is 9.53 Å². The SMILES string of the molecule is O=C1c2cc(Br)ccc2OC12CCN1CCCC1C2. The molecule has 2 atom stereocenters. The van der Waals surface area contributed by atoms with Gasteiger partial charge in [-0.15, -0.1) is 0 Å². The molecular formula is C15H16BrNO2. The first-order chi connectivity index (χ1) is 9.18. The summed E-state index contributed by atoms with van der Waals surface area (Å²) in [4.78, 5) is 15.3. The molecule has 100 valence electrons. The van der Waals surface area contributed by atoms with Crippen LogP contribution in [0.2, 0.25) is 0 Å². The molecular weight excluding hydrogens is 306 g/mol. The molecule has 0 aliphatic carbocycles. The number of piperidine rings is 1. The number of benzene rings is 1. The van der Waals surface area contributed by atoms with E-state index in [0.717, 1.165) is 35.2 Å². The quantitative estimate of drug-likeness (QED) is 0.735. The second-order valence-electron chi connectivity index (χ2n) is 5.85. The number of ketones is 1. The second-order valence-corrected chi connectivity index (χ2v) is 6.77. The van der Waals surface area contributed by atoms with Crippen LogP contribution in [0.5, 0.6) is 5.75 Å². The van der Waals surface area contributed by atoms with Crippen LogP contribution in [0.4, 0.5) is 0 Å². The number of rotatable bonds is 0. The summed E-state index contributed by atoms with van der Waals surface area (Å²) in [6.07, 6.45) is 4.15. The summed E-state index contributed by atoms with van der Waals surface area (Å²) in [5.74, 6) is 0.954. The lowest BCUT2D eigenvalue weighted by molar-refractivity contribution is 0.00818. The van der Waals surface area contributed by atoms with E-state index in [2.05, 4.69) is 20.8 Å². The monoisotopic (exact) mass is 321 g/mol. The fraction of sp³-hybridized carbons (Fsp3) is 0.533. The molecule has 3 nitrogen and oxygen atoms in total. The Labute approximate surface area is 121 Å². The smallest absolute Gasteiger partial charge is 0.210 e. The first-order valence-corrected chi connectivity index (χ1v) is 7.75. The molecule has 0 N–H and O–H groups in total. The maximum Gasteiger partial charge on any atom is 0.210 e. The number of ether oxygens (including phenoxy) is 1. The molecule has 1 aromatic carbocycles. The van der Waals surface area contributed by atoms with Crippen molar-refractivity contribution in [2.75, 3.05) is 13.1 Å². The number of nitrogens with zero attached hydrogens (tertiary/aromatic N) is 1. The third-order valence-electron chi connectivity index (χ3n) is 4.77. The molecule has 2 fully saturated rings. The van der Waals surface area contributed by atoms with E-state index in [4.69, 9.17) is 4.74 Å². The summed E-state index contributed by atoms with van der Waals surface area (Å²) in [6, 6.07) is 6.28. The minimum atomic E-state index is -0.575. The van der Waals surface area contributed by atoms with Gasteiger partial charge in [0.1, 0.15) is 5.75 Å². The predicted molar refractivity (Wildman–Crippen MR) is 75.7 cm³/mol. The van der Waals surface area contributed by atoms with Gasteiger partial charge in [-0.3, -0.25) is 4.79 Å². The molecule has 3 aliphatic heterocycles. The average molecular weight is 322 g/mol. The Morgan fingerprint density at radius 3 is 3.16 bits per heavy atom. The van der Waals surface area contributed by atoms with Crippen LogP contribution in [0.25, 0.3) is 0 Å². The van der Waals surface area contributed by atoms with E-state index in [1.807, 2.05) is 18.2 Å². The standard InChI is InChI=1S/C15H16BrNO2/c16-10-3-4-13-12(8-10)14(18)15(19-13)5-7-17-6-1-2-11(17)9-15/h3-4,8,11H,1-2,5-7,9H2. The molecule has 4 rings (SSSR count). The van der Waals surface area contributed by atoms with Gasteiger partial charge >= 0.3 is 0 Å². The zero-order chi connectivity index (χ0) is 13.0. The number of carbonyl (C=O) groups is 1. The zero-order valence-corrected chi connectivity index (χ0v) is 12.3. The summed E-state index contributed by atoms with van der Waals surface area (Å²) in [5, 5.41) is 0. The second kappa shape index (κ2) is 4.06. The minimum Gasteiger partial charge on any atom is -0.478 e. The molecule has 3 aliphatic rings. The van der Waals surface area contributed by atoms with Crippen LogP contribution in [-0.4, -0.2) is 35.4 Å². The fourth-order valence-corrected chi connectivity index (χ4v) is 4.16. The third kappa shape index (κ3) is 1.69. The highest BCUT2D eigenvalue weighted by atomic mass is 79.9. The van der Waals surface area contributed by atoms with Crippen molar-refractivity contribution in [3.8, 4) is 5.75 Å². The van der Waals surface area contributed by atoms with Crippen LogP contribution >= 0.6 is 15.9 Å². The van der Waals surface area contributed by atoms with Gasteiger partial charge in [0, 0.05) is 29.9 Å².